The van der Waals surface area contributed by atoms with Gasteiger partial charge in [-0.25, -0.2) is 0 Å². The molecule has 1 saturated heterocycles. The molecule has 20 heavy (non-hydrogen) atoms. The summed E-state index contributed by atoms with van der Waals surface area (Å²) in [6, 6.07) is 7.94. The Labute approximate surface area is 128 Å². The molecule has 2 aliphatic rings. The molecule has 1 N–H and O–H groups in total. The van der Waals surface area contributed by atoms with Gasteiger partial charge in [0, 0.05) is 17.1 Å². The summed E-state index contributed by atoms with van der Waals surface area (Å²) >= 11 is 3.59. The first-order valence-corrected chi connectivity index (χ1v) is 8.12. The minimum absolute atomic E-state index is 0.136. The molecule has 1 heterocycles. The van der Waals surface area contributed by atoms with Crippen molar-refractivity contribution in [3.05, 3.63) is 34.3 Å². The van der Waals surface area contributed by atoms with Crippen LogP contribution in [0.2, 0.25) is 0 Å². The first-order chi connectivity index (χ1) is 9.59. The maximum Gasteiger partial charge on any atom is 0.321 e. The number of carboxylic acids is 1. The SMILES string of the molecule is CC(c1ccccc1Br)N1CC2CCCC2C1C(=O)O. The van der Waals surface area contributed by atoms with E-state index in [9.17, 15) is 9.90 Å². The van der Waals surface area contributed by atoms with E-state index < -0.39 is 5.97 Å². The third-order valence-corrected chi connectivity index (χ3v) is 5.75. The molecule has 1 aliphatic carbocycles. The van der Waals surface area contributed by atoms with Gasteiger partial charge in [-0.15, -0.1) is 0 Å². The van der Waals surface area contributed by atoms with E-state index in [1.54, 1.807) is 0 Å². The molecule has 4 unspecified atom stereocenters. The minimum atomic E-state index is -0.654. The topological polar surface area (TPSA) is 40.5 Å². The van der Waals surface area contributed by atoms with E-state index in [1.165, 1.54) is 18.4 Å². The number of hydrogen-bond acceptors (Lipinski definition) is 2. The first-order valence-electron chi connectivity index (χ1n) is 7.32. The van der Waals surface area contributed by atoms with Crippen molar-refractivity contribution in [2.24, 2.45) is 11.8 Å². The number of halogens is 1. The number of likely N-dealkylation sites (tertiary alicyclic amines) is 1. The summed E-state index contributed by atoms with van der Waals surface area (Å²) in [7, 11) is 0. The summed E-state index contributed by atoms with van der Waals surface area (Å²) in [5.41, 5.74) is 1.18. The number of fused-ring (bicyclic) bond motifs is 1. The van der Waals surface area contributed by atoms with Crippen LogP contribution in [-0.2, 0) is 4.79 Å². The van der Waals surface area contributed by atoms with Crippen LogP contribution in [0, 0.1) is 11.8 Å². The third kappa shape index (κ3) is 2.29. The summed E-state index contributed by atoms with van der Waals surface area (Å²) in [6.45, 7) is 3.04. The predicted octanol–water partition coefficient (Wildman–Crippen LogP) is 3.70. The molecular formula is C16H20BrNO2. The summed E-state index contributed by atoms with van der Waals surface area (Å²) in [5.74, 6) is 0.261. The standard InChI is InChI=1S/C16H20BrNO2/c1-10(12-6-2-3-8-14(12)17)18-9-11-5-4-7-13(11)15(18)16(19)20/h2-3,6,8,10-11,13,15H,4-5,7,9H2,1H3,(H,19,20). The maximum atomic E-state index is 11.7. The summed E-state index contributed by atoms with van der Waals surface area (Å²) in [5, 5.41) is 9.64. The van der Waals surface area contributed by atoms with E-state index >= 15 is 0 Å². The van der Waals surface area contributed by atoms with E-state index in [-0.39, 0.29) is 12.1 Å². The molecule has 3 rings (SSSR count). The minimum Gasteiger partial charge on any atom is -0.480 e. The van der Waals surface area contributed by atoms with Crippen LogP contribution in [0.3, 0.4) is 0 Å². The Morgan fingerprint density at radius 3 is 2.85 bits per heavy atom. The van der Waals surface area contributed by atoms with Crippen LogP contribution in [0.15, 0.2) is 28.7 Å². The molecule has 1 aromatic rings. The highest BCUT2D eigenvalue weighted by Crippen LogP contribution is 2.45. The number of nitrogens with zero attached hydrogens (tertiary/aromatic N) is 1. The Morgan fingerprint density at radius 2 is 2.15 bits per heavy atom. The fourth-order valence-corrected chi connectivity index (χ4v) is 4.67. The van der Waals surface area contributed by atoms with Crippen LogP contribution in [-0.4, -0.2) is 28.6 Å². The molecule has 1 saturated carbocycles. The molecule has 4 heteroatoms. The van der Waals surface area contributed by atoms with Gasteiger partial charge < -0.3 is 5.11 Å². The first kappa shape index (κ1) is 14.1. The Kier molecular flexibility index (Phi) is 3.87. The van der Waals surface area contributed by atoms with Crippen LogP contribution < -0.4 is 0 Å². The van der Waals surface area contributed by atoms with E-state index in [0.717, 1.165) is 17.4 Å². The molecule has 0 aromatic heterocycles. The average Bonchev–Trinajstić information content (AvgIpc) is 2.97. The molecule has 0 spiro atoms. The number of benzene rings is 1. The number of rotatable bonds is 3. The van der Waals surface area contributed by atoms with Crippen molar-refractivity contribution in [2.75, 3.05) is 6.54 Å². The van der Waals surface area contributed by atoms with Gasteiger partial charge in [0.05, 0.1) is 0 Å². The van der Waals surface area contributed by atoms with Crippen molar-refractivity contribution < 1.29 is 9.90 Å². The van der Waals surface area contributed by atoms with Crippen LogP contribution in [0.25, 0.3) is 0 Å². The normalized spacial score (nSPS) is 31.2. The largest absolute Gasteiger partial charge is 0.480 e. The van der Waals surface area contributed by atoms with Crippen LogP contribution >= 0.6 is 15.9 Å². The number of carbonyl (C=O) groups is 1. The maximum absolute atomic E-state index is 11.7. The van der Waals surface area contributed by atoms with E-state index in [2.05, 4.69) is 33.8 Å². The lowest BCUT2D eigenvalue weighted by atomic mass is 9.94. The van der Waals surface area contributed by atoms with Crippen molar-refractivity contribution in [1.29, 1.82) is 0 Å². The molecule has 3 nitrogen and oxygen atoms in total. The quantitative estimate of drug-likeness (QED) is 0.914. The van der Waals surface area contributed by atoms with Gasteiger partial charge >= 0.3 is 5.97 Å². The average molecular weight is 338 g/mol. The van der Waals surface area contributed by atoms with E-state index in [1.807, 2.05) is 18.2 Å². The van der Waals surface area contributed by atoms with Crippen LogP contribution in [0.4, 0.5) is 0 Å². The molecule has 108 valence electrons. The van der Waals surface area contributed by atoms with Crippen molar-refractivity contribution in [1.82, 2.24) is 4.90 Å². The highest BCUT2D eigenvalue weighted by molar-refractivity contribution is 9.10. The molecule has 0 amide bonds. The van der Waals surface area contributed by atoms with Crippen molar-refractivity contribution >= 4 is 21.9 Å². The van der Waals surface area contributed by atoms with Gasteiger partial charge in [0.25, 0.3) is 0 Å². The molecule has 0 radical (unpaired) electrons. The van der Waals surface area contributed by atoms with E-state index in [4.69, 9.17) is 0 Å². The lowest BCUT2D eigenvalue weighted by Crippen LogP contribution is -2.41. The third-order valence-electron chi connectivity index (χ3n) is 5.03. The fourth-order valence-electron chi connectivity index (χ4n) is 4.05. The van der Waals surface area contributed by atoms with Crippen molar-refractivity contribution in [3.63, 3.8) is 0 Å². The Balaban J connectivity index is 1.89. The summed E-state index contributed by atoms with van der Waals surface area (Å²) in [4.78, 5) is 13.9. The van der Waals surface area contributed by atoms with Gasteiger partial charge in [-0.3, -0.25) is 9.69 Å². The second-order valence-electron chi connectivity index (χ2n) is 6.03. The molecule has 4 atom stereocenters. The van der Waals surface area contributed by atoms with Gasteiger partial charge in [-0.05, 0) is 43.2 Å². The Morgan fingerprint density at radius 1 is 1.40 bits per heavy atom. The van der Waals surface area contributed by atoms with Crippen LogP contribution in [0.1, 0.15) is 37.8 Å². The number of aliphatic carboxylic acids is 1. The lowest BCUT2D eigenvalue weighted by molar-refractivity contribution is -0.144. The number of carboxylic acid groups (broad SMARTS) is 1. The smallest absolute Gasteiger partial charge is 0.321 e. The highest BCUT2D eigenvalue weighted by Gasteiger charge is 2.49. The second kappa shape index (κ2) is 5.49. The van der Waals surface area contributed by atoms with Gasteiger partial charge in [-0.2, -0.15) is 0 Å². The predicted molar refractivity (Wildman–Crippen MR) is 81.5 cm³/mol. The van der Waals surface area contributed by atoms with E-state index in [0.29, 0.717) is 11.8 Å². The highest BCUT2D eigenvalue weighted by atomic mass is 79.9. The Bertz CT molecular complexity index is 519. The zero-order valence-corrected chi connectivity index (χ0v) is 13.2. The second-order valence-corrected chi connectivity index (χ2v) is 6.89. The zero-order valence-electron chi connectivity index (χ0n) is 11.6. The number of hydrogen-bond donors (Lipinski definition) is 1. The summed E-state index contributed by atoms with van der Waals surface area (Å²) < 4.78 is 1.06. The molecule has 1 aliphatic heterocycles. The molecule has 1 aromatic carbocycles. The van der Waals surface area contributed by atoms with Gasteiger partial charge in [0.1, 0.15) is 6.04 Å². The Hall–Kier alpha value is -0.870. The van der Waals surface area contributed by atoms with Crippen molar-refractivity contribution in [3.8, 4) is 0 Å². The summed E-state index contributed by atoms with van der Waals surface area (Å²) in [6.07, 6.45) is 3.45. The van der Waals surface area contributed by atoms with Gasteiger partial charge in [0.15, 0.2) is 0 Å². The van der Waals surface area contributed by atoms with Gasteiger partial charge in [-0.1, -0.05) is 40.5 Å². The lowest BCUT2D eigenvalue weighted by Gasteiger charge is -2.31. The molecule has 0 bridgehead atoms. The van der Waals surface area contributed by atoms with Crippen molar-refractivity contribution in [2.45, 2.75) is 38.3 Å². The van der Waals surface area contributed by atoms with Crippen LogP contribution in [0.5, 0.6) is 0 Å². The fraction of sp³-hybridized carbons (Fsp3) is 0.562. The van der Waals surface area contributed by atoms with Gasteiger partial charge in [0.2, 0.25) is 0 Å². The molecular weight excluding hydrogens is 318 g/mol. The molecule has 2 fully saturated rings. The zero-order chi connectivity index (χ0) is 14.3. The monoisotopic (exact) mass is 337 g/mol.